The van der Waals surface area contributed by atoms with Crippen LogP contribution in [-0.2, 0) is 6.54 Å². The molecule has 0 amide bonds. The number of aromatic nitrogens is 5. The average molecular weight is 386 g/mol. The van der Waals surface area contributed by atoms with Gasteiger partial charge in [-0.3, -0.25) is 0 Å². The van der Waals surface area contributed by atoms with Gasteiger partial charge in [-0.25, -0.2) is 14.8 Å². The summed E-state index contributed by atoms with van der Waals surface area (Å²) in [7, 11) is 1.66. The van der Waals surface area contributed by atoms with Crippen molar-refractivity contribution in [2.75, 3.05) is 12.4 Å². The highest BCUT2D eigenvalue weighted by atomic mass is 16.5. The number of hydrogen-bond acceptors (Lipinski definition) is 5. The third kappa shape index (κ3) is 3.20. The van der Waals surface area contributed by atoms with Crippen LogP contribution in [0, 0.1) is 0 Å². The molecule has 0 radical (unpaired) electrons. The highest BCUT2D eigenvalue weighted by Crippen LogP contribution is 2.26. The zero-order valence-corrected chi connectivity index (χ0v) is 15.6. The smallest absolute Gasteiger partial charge is 0.323 e. The molecule has 5 aromatic rings. The molecule has 3 N–H and O–H groups in total. The van der Waals surface area contributed by atoms with Gasteiger partial charge in [0.25, 0.3) is 0 Å². The summed E-state index contributed by atoms with van der Waals surface area (Å²) >= 11 is 0. The second kappa shape index (κ2) is 6.83. The molecule has 0 aliphatic rings. The van der Waals surface area contributed by atoms with Gasteiger partial charge < -0.3 is 24.6 Å². The van der Waals surface area contributed by atoms with Crippen LogP contribution in [-0.4, -0.2) is 31.6 Å². The van der Waals surface area contributed by atoms with E-state index in [-0.39, 0.29) is 5.69 Å². The fourth-order valence-corrected chi connectivity index (χ4v) is 3.45. The molecule has 0 unspecified atom stereocenters. The van der Waals surface area contributed by atoms with Crippen LogP contribution in [0.4, 0.5) is 11.5 Å². The topological polar surface area (TPSA) is 101 Å². The van der Waals surface area contributed by atoms with E-state index in [1.165, 1.54) is 0 Å². The quantitative estimate of drug-likeness (QED) is 0.430. The van der Waals surface area contributed by atoms with Crippen LogP contribution < -0.4 is 15.7 Å². The molecular weight excluding hydrogens is 368 g/mol. The number of nitrogens with one attached hydrogen (secondary N) is 3. The standard InChI is InChI=1S/C21H18N6O2/c1-29-15-4-2-3-13(9-15)11-27-8-7-16-19(22-12-23-20(16)27)24-14-5-6-17-18(10-14)26-21(28)25-17/h2-10,12H,11H2,1H3,(H,22,23,24)(H2,25,26,28). The van der Waals surface area contributed by atoms with Gasteiger partial charge in [-0.2, -0.15) is 0 Å². The third-order valence-electron chi connectivity index (χ3n) is 4.82. The van der Waals surface area contributed by atoms with Crippen molar-refractivity contribution in [1.82, 2.24) is 24.5 Å². The number of imidazole rings is 1. The van der Waals surface area contributed by atoms with Crippen molar-refractivity contribution in [3.8, 4) is 5.75 Å². The van der Waals surface area contributed by atoms with Gasteiger partial charge in [0.2, 0.25) is 0 Å². The first kappa shape index (κ1) is 17.1. The Kier molecular flexibility index (Phi) is 4.02. The van der Waals surface area contributed by atoms with Crippen molar-refractivity contribution in [2.24, 2.45) is 0 Å². The summed E-state index contributed by atoms with van der Waals surface area (Å²) in [6, 6.07) is 15.6. The van der Waals surface area contributed by atoms with E-state index in [9.17, 15) is 4.79 Å². The molecule has 8 heteroatoms. The van der Waals surface area contributed by atoms with Gasteiger partial charge in [-0.15, -0.1) is 0 Å². The molecule has 0 bridgehead atoms. The summed E-state index contributed by atoms with van der Waals surface area (Å²) < 4.78 is 7.38. The van der Waals surface area contributed by atoms with E-state index in [0.717, 1.165) is 39.1 Å². The Morgan fingerprint density at radius 1 is 1.07 bits per heavy atom. The fourth-order valence-electron chi connectivity index (χ4n) is 3.45. The van der Waals surface area contributed by atoms with Crippen LogP contribution in [0.1, 0.15) is 5.56 Å². The van der Waals surface area contributed by atoms with Crippen molar-refractivity contribution >= 4 is 33.6 Å². The summed E-state index contributed by atoms with van der Waals surface area (Å²) in [6.45, 7) is 0.674. The molecule has 0 fully saturated rings. The van der Waals surface area contributed by atoms with Crippen LogP contribution in [0.3, 0.4) is 0 Å². The number of nitrogens with zero attached hydrogens (tertiary/aromatic N) is 3. The molecule has 29 heavy (non-hydrogen) atoms. The van der Waals surface area contributed by atoms with Crippen molar-refractivity contribution < 1.29 is 4.74 Å². The third-order valence-corrected chi connectivity index (χ3v) is 4.82. The lowest BCUT2D eigenvalue weighted by atomic mass is 10.2. The monoisotopic (exact) mass is 386 g/mol. The number of aromatic amines is 2. The Labute approximate surface area is 165 Å². The average Bonchev–Trinajstić information content (AvgIpc) is 3.31. The van der Waals surface area contributed by atoms with E-state index < -0.39 is 0 Å². The Balaban J connectivity index is 1.48. The molecule has 0 aliphatic heterocycles. The number of anilines is 2. The number of hydrogen-bond donors (Lipinski definition) is 3. The first-order valence-electron chi connectivity index (χ1n) is 9.11. The first-order chi connectivity index (χ1) is 14.2. The summed E-state index contributed by atoms with van der Waals surface area (Å²) in [5.41, 5.74) is 4.06. The zero-order valence-electron chi connectivity index (χ0n) is 15.6. The second-order valence-corrected chi connectivity index (χ2v) is 6.72. The van der Waals surface area contributed by atoms with Crippen LogP contribution >= 0.6 is 0 Å². The lowest BCUT2D eigenvalue weighted by Crippen LogP contribution is -2.01. The van der Waals surface area contributed by atoms with E-state index in [0.29, 0.717) is 12.4 Å². The van der Waals surface area contributed by atoms with Crippen LogP contribution in [0.25, 0.3) is 22.1 Å². The van der Waals surface area contributed by atoms with Crippen molar-refractivity contribution in [2.45, 2.75) is 6.54 Å². The van der Waals surface area contributed by atoms with Crippen LogP contribution in [0.15, 0.2) is 65.8 Å². The van der Waals surface area contributed by atoms with Gasteiger partial charge in [-0.05, 0) is 42.0 Å². The largest absolute Gasteiger partial charge is 0.497 e. The van der Waals surface area contributed by atoms with Gasteiger partial charge in [0.1, 0.15) is 23.5 Å². The minimum absolute atomic E-state index is 0.226. The molecule has 0 spiro atoms. The fraction of sp³-hybridized carbons (Fsp3) is 0.0952. The highest BCUT2D eigenvalue weighted by molar-refractivity contribution is 5.90. The number of H-pyrrole nitrogens is 2. The molecule has 3 aromatic heterocycles. The summed E-state index contributed by atoms with van der Waals surface area (Å²) in [5.74, 6) is 1.53. The predicted molar refractivity (Wildman–Crippen MR) is 112 cm³/mol. The van der Waals surface area contributed by atoms with Crippen molar-refractivity contribution in [3.05, 3.63) is 77.1 Å². The molecule has 0 saturated heterocycles. The van der Waals surface area contributed by atoms with Gasteiger partial charge in [0.05, 0.1) is 23.5 Å². The van der Waals surface area contributed by atoms with Crippen molar-refractivity contribution in [3.63, 3.8) is 0 Å². The van der Waals surface area contributed by atoms with Gasteiger partial charge in [0.15, 0.2) is 0 Å². The summed E-state index contributed by atoms with van der Waals surface area (Å²) in [6.07, 6.45) is 3.54. The number of ether oxygens (including phenoxy) is 1. The Hall–Kier alpha value is -4.07. The Morgan fingerprint density at radius 2 is 1.97 bits per heavy atom. The normalized spacial score (nSPS) is 11.2. The van der Waals surface area contributed by atoms with E-state index >= 15 is 0 Å². The maximum Gasteiger partial charge on any atom is 0.323 e. The SMILES string of the molecule is COc1cccc(Cn2ccc3c(Nc4ccc5[nH]c(=O)[nH]c5c4)ncnc32)c1. The summed E-state index contributed by atoms with van der Waals surface area (Å²) in [5, 5.41) is 4.24. The number of benzene rings is 2. The van der Waals surface area contributed by atoms with E-state index in [4.69, 9.17) is 4.74 Å². The van der Waals surface area contributed by atoms with Crippen LogP contribution in [0.2, 0.25) is 0 Å². The highest BCUT2D eigenvalue weighted by Gasteiger charge is 2.10. The number of methoxy groups -OCH3 is 1. The van der Waals surface area contributed by atoms with Gasteiger partial charge >= 0.3 is 5.69 Å². The molecule has 0 saturated carbocycles. The molecule has 5 rings (SSSR count). The predicted octanol–water partition coefficient (Wildman–Crippen LogP) is 3.40. The minimum Gasteiger partial charge on any atom is -0.497 e. The number of rotatable bonds is 5. The van der Waals surface area contributed by atoms with Gasteiger partial charge in [0, 0.05) is 18.4 Å². The lowest BCUT2D eigenvalue weighted by molar-refractivity contribution is 0.414. The van der Waals surface area contributed by atoms with E-state index in [1.54, 1.807) is 13.4 Å². The van der Waals surface area contributed by atoms with E-state index in [2.05, 4.69) is 35.9 Å². The minimum atomic E-state index is -0.226. The maximum atomic E-state index is 11.5. The van der Waals surface area contributed by atoms with Crippen LogP contribution in [0.5, 0.6) is 5.75 Å². The van der Waals surface area contributed by atoms with Crippen molar-refractivity contribution in [1.29, 1.82) is 0 Å². The first-order valence-corrected chi connectivity index (χ1v) is 9.11. The molecule has 144 valence electrons. The molecule has 3 heterocycles. The molecular formula is C21H18N6O2. The lowest BCUT2D eigenvalue weighted by Gasteiger charge is -2.09. The van der Waals surface area contributed by atoms with Gasteiger partial charge in [-0.1, -0.05) is 12.1 Å². The molecule has 0 atom stereocenters. The Morgan fingerprint density at radius 3 is 2.86 bits per heavy atom. The summed E-state index contributed by atoms with van der Waals surface area (Å²) in [4.78, 5) is 25.8. The number of fused-ring (bicyclic) bond motifs is 2. The molecule has 2 aromatic carbocycles. The second-order valence-electron chi connectivity index (χ2n) is 6.72. The maximum absolute atomic E-state index is 11.5. The molecule has 0 aliphatic carbocycles. The molecule has 8 nitrogen and oxygen atoms in total. The Bertz CT molecular complexity index is 1380. The zero-order chi connectivity index (χ0) is 19.8. The van der Waals surface area contributed by atoms with E-state index in [1.807, 2.05) is 48.7 Å².